The van der Waals surface area contributed by atoms with E-state index in [9.17, 15) is 4.39 Å². The molecule has 2 rings (SSSR count). The van der Waals surface area contributed by atoms with E-state index in [1.54, 1.807) is 6.07 Å². The van der Waals surface area contributed by atoms with E-state index in [1.165, 1.54) is 12.1 Å². The fourth-order valence-electron chi connectivity index (χ4n) is 2.01. The molecule has 1 saturated carbocycles. The monoisotopic (exact) mass is 228 g/mol. The summed E-state index contributed by atoms with van der Waals surface area (Å²) >= 11 is 6.03. The number of hydrazine groups is 1. The van der Waals surface area contributed by atoms with Crippen LogP contribution in [0.1, 0.15) is 24.9 Å². The van der Waals surface area contributed by atoms with Gasteiger partial charge in [-0.1, -0.05) is 18.5 Å². The molecule has 0 heterocycles. The lowest BCUT2D eigenvalue weighted by molar-refractivity contribution is 0.473. The van der Waals surface area contributed by atoms with Crippen LogP contribution in [0.3, 0.4) is 0 Å². The Morgan fingerprint density at radius 1 is 1.60 bits per heavy atom. The lowest BCUT2D eigenvalue weighted by Gasteiger charge is -2.17. The Bertz CT molecular complexity index is 370. The van der Waals surface area contributed by atoms with Gasteiger partial charge in [-0.25, -0.2) is 4.39 Å². The van der Waals surface area contributed by atoms with Crippen LogP contribution in [-0.2, 0) is 0 Å². The molecule has 82 valence electrons. The maximum absolute atomic E-state index is 13.1. The summed E-state index contributed by atoms with van der Waals surface area (Å²) in [5.74, 6) is 6.32. The highest BCUT2D eigenvalue weighted by atomic mass is 35.5. The van der Waals surface area contributed by atoms with Crippen LogP contribution >= 0.6 is 11.6 Å². The summed E-state index contributed by atoms with van der Waals surface area (Å²) < 4.78 is 13.1. The minimum atomic E-state index is -0.275. The van der Waals surface area contributed by atoms with Crippen molar-refractivity contribution >= 4 is 11.6 Å². The van der Waals surface area contributed by atoms with Gasteiger partial charge < -0.3 is 0 Å². The molecule has 0 saturated heterocycles. The molecule has 1 aromatic rings. The van der Waals surface area contributed by atoms with Crippen molar-refractivity contribution in [2.24, 2.45) is 17.7 Å². The molecule has 4 heteroatoms. The van der Waals surface area contributed by atoms with Crippen LogP contribution in [-0.4, -0.2) is 0 Å². The Morgan fingerprint density at radius 2 is 2.27 bits per heavy atom. The van der Waals surface area contributed by atoms with Gasteiger partial charge in [-0.15, -0.1) is 0 Å². The zero-order chi connectivity index (χ0) is 11.0. The Kier molecular flexibility index (Phi) is 2.96. The molecule has 1 fully saturated rings. The number of hydrogen-bond acceptors (Lipinski definition) is 2. The van der Waals surface area contributed by atoms with Gasteiger partial charge in [0.1, 0.15) is 5.82 Å². The molecule has 0 radical (unpaired) electrons. The van der Waals surface area contributed by atoms with Crippen LogP contribution in [0.25, 0.3) is 0 Å². The average molecular weight is 229 g/mol. The third-order valence-corrected chi connectivity index (χ3v) is 3.42. The van der Waals surface area contributed by atoms with Gasteiger partial charge in [0.05, 0.1) is 6.04 Å². The van der Waals surface area contributed by atoms with Crippen LogP contribution in [0.15, 0.2) is 18.2 Å². The summed E-state index contributed by atoms with van der Waals surface area (Å²) in [6.45, 7) is 2.15. The highest BCUT2D eigenvalue weighted by Gasteiger charge is 2.40. The summed E-state index contributed by atoms with van der Waals surface area (Å²) in [5.41, 5.74) is 3.49. The number of nitrogens with one attached hydrogen (secondary N) is 1. The molecule has 3 unspecified atom stereocenters. The first kappa shape index (κ1) is 10.9. The van der Waals surface area contributed by atoms with Crippen molar-refractivity contribution in [1.82, 2.24) is 5.43 Å². The van der Waals surface area contributed by atoms with Crippen molar-refractivity contribution < 1.29 is 4.39 Å². The number of rotatable bonds is 3. The van der Waals surface area contributed by atoms with Gasteiger partial charge in [-0.3, -0.25) is 11.3 Å². The molecule has 0 aromatic heterocycles. The second kappa shape index (κ2) is 4.08. The largest absolute Gasteiger partial charge is 0.271 e. The van der Waals surface area contributed by atoms with E-state index in [2.05, 4.69) is 12.3 Å². The van der Waals surface area contributed by atoms with Crippen LogP contribution in [0, 0.1) is 17.7 Å². The highest BCUT2D eigenvalue weighted by molar-refractivity contribution is 6.31. The first-order chi connectivity index (χ1) is 7.13. The van der Waals surface area contributed by atoms with Gasteiger partial charge in [0.15, 0.2) is 0 Å². The molecule has 3 atom stereocenters. The molecule has 15 heavy (non-hydrogen) atoms. The topological polar surface area (TPSA) is 38.0 Å². The predicted octanol–water partition coefficient (Wildman–Crippen LogP) is 2.64. The number of halogens is 2. The first-order valence-corrected chi connectivity index (χ1v) is 5.42. The van der Waals surface area contributed by atoms with Crippen molar-refractivity contribution in [3.8, 4) is 0 Å². The summed E-state index contributed by atoms with van der Waals surface area (Å²) in [6.07, 6.45) is 1.11. The van der Waals surface area contributed by atoms with Crippen LogP contribution in [0.5, 0.6) is 0 Å². The van der Waals surface area contributed by atoms with Gasteiger partial charge >= 0.3 is 0 Å². The van der Waals surface area contributed by atoms with E-state index in [0.29, 0.717) is 16.9 Å². The quantitative estimate of drug-likeness (QED) is 0.617. The fourth-order valence-corrected chi connectivity index (χ4v) is 2.25. The highest BCUT2D eigenvalue weighted by Crippen LogP contribution is 2.47. The Hall–Kier alpha value is -0.640. The van der Waals surface area contributed by atoms with E-state index < -0.39 is 0 Å². The molecule has 0 amide bonds. The summed E-state index contributed by atoms with van der Waals surface area (Å²) in [5, 5.41) is 0.568. The fraction of sp³-hybridized carbons (Fsp3) is 0.455. The van der Waals surface area contributed by atoms with E-state index in [4.69, 9.17) is 17.4 Å². The lowest BCUT2D eigenvalue weighted by Crippen LogP contribution is -2.30. The van der Waals surface area contributed by atoms with Gasteiger partial charge in [-0.2, -0.15) is 0 Å². The smallest absolute Gasteiger partial charge is 0.123 e. The zero-order valence-electron chi connectivity index (χ0n) is 8.50. The predicted molar refractivity (Wildman–Crippen MR) is 58.7 cm³/mol. The zero-order valence-corrected chi connectivity index (χ0v) is 9.26. The standard InChI is InChI=1S/C11H14ClFN2/c1-6-4-8(6)11(15-14)9-5-7(13)2-3-10(9)12/h2-3,5-6,8,11,15H,4,14H2,1H3. The molecule has 1 aliphatic carbocycles. The number of hydrogen-bond donors (Lipinski definition) is 2. The summed E-state index contributed by atoms with van der Waals surface area (Å²) in [7, 11) is 0. The molecule has 0 bridgehead atoms. The van der Waals surface area contributed by atoms with Crippen molar-refractivity contribution in [2.75, 3.05) is 0 Å². The molecular formula is C11H14ClFN2. The van der Waals surface area contributed by atoms with Crippen molar-refractivity contribution in [1.29, 1.82) is 0 Å². The molecule has 2 nitrogen and oxygen atoms in total. The van der Waals surface area contributed by atoms with Gasteiger partial charge in [-0.05, 0) is 42.0 Å². The van der Waals surface area contributed by atoms with E-state index in [1.807, 2.05) is 0 Å². The molecule has 3 N–H and O–H groups in total. The van der Waals surface area contributed by atoms with Crippen molar-refractivity contribution in [3.63, 3.8) is 0 Å². The molecule has 0 aliphatic heterocycles. The maximum Gasteiger partial charge on any atom is 0.123 e. The van der Waals surface area contributed by atoms with E-state index in [-0.39, 0.29) is 11.9 Å². The van der Waals surface area contributed by atoms with Crippen LogP contribution < -0.4 is 11.3 Å². The molecule has 1 aliphatic rings. The summed E-state index contributed by atoms with van der Waals surface area (Å²) in [6, 6.07) is 4.35. The van der Waals surface area contributed by atoms with Gasteiger partial charge in [0, 0.05) is 5.02 Å². The van der Waals surface area contributed by atoms with Crippen LogP contribution in [0.4, 0.5) is 4.39 Å². The Morgan fingerprint density at radius 3 is 2.80 bits per heavy atom. The summed E-state index contributed by atoms with van der Waals surface area (Å²) in [4.78, 5) is 0. The average Bonchev–Trinajstić information content (AvgIpc) is 2.90. The third-order valence-electron chi connectivity index (χ3n) is 3.07. The number of nitrogens with two attached hydrogens (primary N) is 1. The Balaban J connectivity index is 2.29. The first-order valence-electron chi connectivity index (χ1n) is 5.04. The molecule has 0 spiro atoms. The van der Waals surface area contributed by atoms with Gasteiger partial charge in [0.2, 0.25) is 0 Å². The lowest BCUT2D eigenvalue weighted by atomic mass is 10.0. The van der Waals surface area contributed by atoms with Crippen LogP contribution in [0.2, 0.25) is 5.02 Å². The second-order valence-corrected chi connectivity index (χ2v) is 4.59. The third kappa shape index (κ3) is 2.14. The van der Waals surface area contributed by atoms with Crippen molar-refractivity contribution in [3.05, 3.63) is 34.6 Å². The molecule has 1 aromatic carbocycles. The second-order valence-electron chi connectivity index (χ2n) is 4.19. The van der Waals surface area contributed by atoms with E-state index >= 15 is 0 Å². The minimum Gasteiger partial charge on any atom is -0.271 e. The SMILES string of the molecule is CC1CC1C(NN)c1cc(F)ccc1Cl. The van der Waals surface area contributed by atoms with Gasteiger partial charge in [0.25, 0.3) is 0 Å². The number of benzene rings is 1. The van der Waals surface area contributed by atoms with Crippen molar-refractivity contribution in [2.45, 2.75) is 19.4 Å². The normalized spacial score (nSPS) is 26.4. The minimum absolute atomic E-state index is 0.0387. The van der Waals surface area contributed by atoms with E-state index in [0.717, 1.165) is 12.0 Å². The maximum atomic E-state index is 13.1. The molecular weight excluding hydrogens is 215 g/mol. The Labute approximate surface area is 93.6 Å².